The molecule has 0 aliphatic heterocycles. The molecule has 0 spiro atoms. The van der Waals surface area contributed by atoms with Crippen LogP contribution in [0.25, 0.3) is 0 Å². The molecule has 0 radical (unpaired) electrons. The summed E-state index contributed by atoms with van der Waals surface area (Å²) in [5.41, 5.74) is 4.14. The van der Waals surface area contributed by atoms with Gasteiger partial charge in [0.05, 0.1) is 5.69 Å². The van der Waals surface area contributed by atoms with Crippen molar-refractivity contribution in [3.05, 3.63) is 46.8 Å². The van der Waals surface area contributed by atoms with E-state index in [-0.39, 0.29) is 5.91 Å². The first kappa shape index (κ1) is 16.1. The summed E-state index contributed by atoms with van der Waals surface area (Å²) in [7, 11) is 4.01. The summed E-state index contributed by atoms with van der Waals surface area (Å²) >= 11 is 0. The van der Waals surface area contributed by atoms with E-state index in [0.717, 1.165) is 28.3 Å². The Kier molecular flexibility index (Phi) is 5.20. The Labute approximate surface area is 131 Å². The zero-order valence-electron chi connectivity index (χ0n) is 13.6. The van der Waals surface area contributed by atoms with Crippen molar-refractivity contribution in [2.75, 3.05) is 19.0 Å². The smallest absolute Gasteiger partial charge is 0.220 e. The number of anilines is 1. The van der Waals surface area contributed by atoms with E-state index in [1.807, 2.05) is 57.1 Å². The maximum atomic E-state index is 11.9. The van der Waals surface area contributed by atoms with Gasteiger partial charge in [-0.1, -0.05) is 17.3 Å². The van der Waals surface area contributed by atoms with Crippen LogP contribution < -0.4 is 10.2 Å². The summed E-state index contributed by atoms with van der Waals surface area (Å²) in [6, 6.07) is 8.16. The molecular formula is C17H23N3O2. The molecule has 0 fully saturated rings. The van der Waals surface area contributed by atoms with E-state index in [9.17, 15) is 4.79 Å². The third-order valence-corrected chi connectivity index (χ3v) is 3.73. The first-order valence-electron chi connectivity index (χ1n) is 7.42. The van der Waals surface area contributed by atoms with Gasteiger partial charge in [-0.3, -0.25) is 4.79 Å². The molecule has 2 aromatic rings. The summed E-state index contributed by atoms with van der Waals surface area (Å²) in [5.74, 6) is 0.835. The summed E-state index contributed by atoms with van der Waals surface area (Å²) in [6.07, 6.45) is 1.10. The number of nitrogens with one attached hydrogen (secondary N) is 1. The molecule has 2 rings (SSSR count). The molecule has 118 valence electrons. The highest BCUT2D eigenvalue weighted by atomic mass is 16.5. The molecule has 22 heavy (non-hydrogen) atoms. The number of hydrogen-bond donors (Lipinski definition) is 1. The van der Waals surface area contributed by atoms with Gasteiger partial charge in [0.2, 0.25) is 5.91 Å². The molecule has 5 heteroatoms. The van der Waals surface area contributed by atoms with Gasteiger partial charge in [-0.05, 0) is 38.0 Å². The second kappa shape index (κ2) is 7.11. The lowest BCUT2D eigenvalue weighted by molar-refractivity contribution is -0.121. The number of carbonyl (C=O) groups is 1. The molecule has 1 aromatic carbocycles. The van der Waals surface area contributed by atoms with Crippen molar-refractivity contribution >= 4 is 11.6 Å². The van der Waals surface area contributed by atoms with Crippen molar-refractivity contribution in [1.29, 1.82) is 0 Å². The molecule has 0 bridgehead atoms. The van der Waals surface area contributed by atoms with Crippen molar-refractivity contribution in [2.45, 2.75) is 33.2 Å². The summed E-state index contributed by atoms with van der Waals surface area (Å²) in [4.78, 5) is 14.0. The first-order chi connectivity index (χ1) is 10.5. The highest BCUT2D eigenvalue weighted by Crippen LogP contribution is 2.14. The molecule has 0 unspecified atom stereocenters. The molecule has 1 heterocycles. The van der Waals surface area contributed by atoms with Crippen molar-refractivity contribution in [2.24, 2.45) is 0 Å². The second-order valence-electron chi connectivity index (χ2n) is 5.64. The van der Waals surface area contributed by atoms with Crippen molar-refractivity contribution in [3.8, 4) is 0 Å². The van der Waals surface area contributed by atoms with Crippen molar-refractivity contribution < 1.29 is 9.32 Å². The molecule has 1 aromatic heterocycles. The number of carbonyl (C=O) groups excluding carboxylic acids is 1. The van der Waals surface area contributed by atoms with E-state index in [1.165, 1.54) is 0 Å². The molecule has 5 nitrogen and oxygen atoms in total. The van der Waals surface area contributed by atoms with Crippen LogP contribution in [-0.4, -0.2) is 25.2 Å². The number of hydrogen-bond acceptors (Lipinski definition) is 4. The van der Waals surface area contributed by atoms with Gasteiger partial charge in [0, 0.05) is 38.3 Å². The lowest BCUT2D eigenvalue weighted by Crippen LogP contribution is -2.23. The fourth-order valence-corrected chi connectivity index (χ4v) is 2.30. The molecule has 0 atom stereocenters. The summed E-state index contributed by atoms with van der Waals surface area (Å²) in [5, 5.41) is 6.84. The molecule has 0 saturated carbocycles. The first-order valence-corrected chi connectivity index (χ1v) is 7.42. The molecular weight excluding hydrogens is 278 g/mol. The fraction of sp³-hybridized carbons (Fsp3) is 0.412. The van der Waals surface area contributed by atoms with Crippen molar-refractivity contribution in [1.82, 2.24) is 10.5 Å². The van der Waals surface area contributed by atoms with Crippen LogP contribution in [0.1, 0.15) is 29.0 Å². The van der Waals surface area contributed by atoms with Crippen LogP contribution in [0.4, 0.5) is 5.69 Å². The number of aromatic nitrogens is 1. The average Bonchev–Trinajstić information content (AvgIpc) is 2.82. The topological polar surface area (TPSA) is 58.4 Å². The average molecular weight is 301 g/mol. The maximum absolute atomic E-state index is 11.9. The van der Waals surface area contributed by atoms with E-state index >= 15 is 0 Å². The Bertz CT molecular complexity index is 610. The largest absolute Gasteiger partial charge is 0.378 e. The Hall–Kier alpha value is -2.30. The van der Waals surface area contributed by atoms with Crippen LogP contribution in [0.5, 0.6) is 0 Å². The minimum Gasteiger partial charge on any atom is -0.378 e. The normalized spacial score (nSPS) is 10.5. The number of nitrogens with zero attached hydrogens (tertiary/aromatic N) is 2. The minimum atomic E-state index is 0.0386. The van der Waals surface area contributed by atoms with Gasteiger partial charge in [0.25, 0.3) is 0 Å². The predicted octanol–water partition coefficient (Wildman–Crippen LogP) is 2.61. The Balaban J connectivity index is 1.80. The standard InChI is InChI=1S/C17H23N3O2/c1-12-16(13(2)22-19-12)9-10-17(21)18-11-14-5-7-15(8-6-14)20(3)4/h5-8H,9-11H2,1-4H3,(H,18,21). The van der Waals surface area contributed by atoms with Crippen LogP contribution in [0.3, 0.4) is 0 Å². The lowest BCUT2D eigenvalue weighted by atomic mass is 10.1. The number of aryl methyl sites for hydroxylation is 2. The molecule has 0 aliphatic rings. The van der Waals surface area contributed by atoms with Gasteiger partial charge in [0.15, 0.2) is 0 Å². The Morgan fingerprint density at radius 2 is 1.91 bits per heavy atom. The summed E-state index contributed by atoms with van der Waals surface area (Å²) < 4.78 is 5.10. The minimum absolute atomic E-state index is 0.0386. The van der Waals surface area contributed by atoms with Crippen LogP contribution in [0.15, 0.2) is 28.8 Å². The fourth-order valence-electron chi connectivity index (χ4n) is 2.30. The zero-order chi connectivity index (χ0) is 16.1. The van der Waals surface area contributed by atoms with E-state index in [1.54, 1.807) is 0 Å². The van der Waals surface area contributed by atoms with E-state index < -0.39 is 0 Å². The SMILES string of the molecule is Cc1noc(C)c1CCC(=O)NCc1ccc(N(C)C)cc1. The Morgan fingerprint density at radius 3 is 2.45 bits per heavy atom. The Morgan fingerprint density at radius 1 is 1.23 bits per heavy atom. The van der Waals surface area contributed by atoms with E-state index in [2.05, 4.69) is 10.5 Å². The van der Waals surface area contributed by atoms with Gasteiger partial charge in [0.1, 0.15) is 5.76 Å². The van der Waals surface area contributed by atoms with Crippen LogP contribution in [0, 0.1) is 13.8 Å². The van der Waals surface area contributed by atoms with Crippen LogP contribution in [0.2, 0.25) is 0 Å². The molecule has 1 N–H and O–H groups in total. The monoisotopic (exact) mass is 301 g/mol. The van der Waals surface area contributed by atoms with E-state index in [4.69, 9.17) is 4.52 Å². The van der Waals surface area contributed by atoms with Gasteiger partial charge in [-0.2, -0.15) is 0 Å². The van der Waals surface area contributed by atoms with Crippen molar-refractivity contribution in [3.63, 3.8) is 0 Å². The third-order valence-electron chi connectivity index (χ3n) is 3.73. The van der Waals surface area contributed by atoms with Crippen LogP contribution in [-0.2, 0) is 17.8 Å². The zero-order valence-corrected chi connectivity index (χ0v) is 13.6. The number of benzene rings is 1. The van der Waals surface area contributed by atoms with E-state index in [0.29, 0.717) is 19.4 Å². The van der Waals surface area contributed by atoms with Gasteiger partial charge in [-0.15, -0.1) is 0 Å². The predicted molar refractivity (Wildman–Crippen MR) is 86.9 cm³/mol. The lowest BCUT2D eigenvalue weighted by Gasteiger charge is -2.13. The third kappa shape index (κ3) is 4.10. The summed E-state index contributed by atoms with van der Waals surface area (Å²) in [6.45, 7) is 4.32. The molecule has 1 amide bonds. The van der Waals surface area contributed by atoms with Gasteiger partial charge < -0.3 is 14.7 Å². The quantitative estimate of drug-likeness (QED) is 0.891. The highest BCUT2D eigenvalue weighted by Gasteiger charge is 2.11. The number of amides is 1. The van der Waals surface area contributed by atoms with Gasteiger partial charge in [-0.25, -0.2) is 0 Å². The number of rotatable bonds is 6. The molecule has 0 aliphatic carbocycles. The molecule has 0 saturated heterocycles. The van der Waals surface area contributed by atoms with Crippen LogP contribution >= 0.6 is 0 Å². The maximum Gasteiger partial charge on any atom is 0.220 e. The van der Waals surface area contributed by atoms with Gasteiger partial charge >= 0.3 is 0 Å². The highest BCUT2D eigenvalue weighted by molar-refractivity contribution is 5.76. The second-order valence-corrected chi connectivity index (χ2v) is 5.64.